The molecule has 0 radical (unpaired) electrons. The van der Waals surface area contributed by atoms with E-state index in [9.17, 15) is 14.4 Å². The van der Waals surface area contributed by atoms with Crippen molar-refractivity contribution in [2.45, 2.75) is 25.3 Å². The summed E-state index contributed by atoms with van der Waals surface area (Å²) >= 11 is 0. The van der Waals surface area contributed by atoms with Crippen molar-refractivity contribution < 1.29 is 24.2 Å². The van der Waals surface area contributed by atoms with Crippen molar-refractivity contribution in [1.82, 2.24) is 4.90 Å². The lowest BCUT2D eigenvalue weighted by Gasteiger charge is -2.19. The van der Waals surface area contributed by atoms with Crippen molar-refractivity contribution in [3.05, 3.63) is 35.9 Å². The smallest absolute Gasteiger partial charge is 0.330 e. The van der Waals surface area contributed by atoms with Gasteiger partial charge in [-0.25, -0.2) is 4.79 Å². The number of hydrogen-bond acceptors (Lipinski definition) is 4. The molecule has 106 valence electrons. The number of aliphatic carboxylic acids is 1. The fourth-order valence-corrected chi connectivity index (χ4v) is 2.11. The van der Waals surface area contributed by atoms with Crippen molar-refractivity contribution in [2.24, 2.45) is 0 Å². The van der Waals surface area contributed by atoms with Gasteiger partial charge in [-0.2, -0.15) is 0 Å². The van der Waals surface area contributed by atoms with E-state index in [0.29, 0.717) is 18.4 Å². The molecule has 0 aliphatic carbocycles. The number of esters is 1. The highest BCUT2D eigenvalue weighted by Crippen LogP contribution is 2.20. The SMILES string of the molecule is O=C(O)CCCC1C(=O)OCN1C(=O)c1ccccc1. The number of amides is 1. The summed E-state index contributed by atoms with van der Waals surface area (Å²) in [4.78, 5) is 35.8. The summed E-state index contributed by atoms with van der Waals surface area (Å²) in [5.74, 6) is -1.67. The van der Waals surface area contributed by atoms with Crippen LogP contribution in [0.3, 0.4) is 0 Å². The van der Waals surface area contributed by atoms with Crippen LogP contribution in [-0.4, -0.2) is 40.6 Å². The monoisotopic (exact) mass is 277 g/mol. The van der Waals surface area contributed by atoms with Crippen molar-refractivity contribution in [3.63, 3.8) is 0 Å². The molecule has 1 fully saturated rings. The standard InChI is InChI=1S/C14H15NO5/c16-12(17)8-4-7-11-14(19)20-9-15(11)13(18)10-5-2-1-3-6-10/h1-3,5-6,11H,4,7-9H2,(H,16,17). The van der Waals surface area contributed by atoms with Gasteiger partial charge in [-0.1, -0.05) is 18.2 Å². The molecule has 0 bridgehead atoms. The van der Waals surface area contributed by atoms with Crippen LogP contribution >= 0.6 is 0 Å². The highest BCUT2D eigenvalue weighted by molar-refractivity contribution is 5.97. The Bertz CT molecular complexity index is 514. The van der Waals surface area contributed by atoms with Gasteiger partial charge in [0.05, 0.1) is 0 Å². The summed E-state index contributed by atoms with van der Waals surface area (Å²) in [6.07, 6.45) is 0.592. The third kappa shape index (κ3) is 3.14. The van der Waals surface area contributed by atoms with E-state index in [-0.39, 0.29) is 19.1 Å². The van der Waals surface area contributed by atoms with Crippen LogP contribution in [0.5, 0.6) is 0 Å². The summed E-state index contributed by atoms with van der Waals surface area (Å²) < 4.78 is 4.90. The van der Waals surface area contributed by atoms with E-state index in [1.54, 1.807) is 30.3 Å². The van der Waals surface area contributed by atoms with Crippen molar-refractivity contribution in [2.75, 3.05) is 6.73 Å². The van der Waals surface area contributed by atoms with Crippen LogP contribution < -0.4 is 0 Å². The van der Waals surface area contributed by atoms with Gasteiger partial charge in [0.1, 0.15) is 6.04 Å². The van der Waals surface area contributed by atoms with Crippen molar-refractivity contribution >= 4 is 17.8 Å². The van der Waals surface area contributed by atoms with Gasteiger partial charge in [0, 0.05) is 12.0 Å². The molecule has 1 heterocycles. The number of nitrogens with zero attached hydrogens (tertiary/aromatic N) is 1. The average molecular weight is 277 g/mol. The maximum absolute atomic E-state index is 12.3. The second kappa shape index (κ2) is 6.18. The maximum atomic E-state index is 12.3. The fraction of sp³-hybridized carbons (Fsp3) is 0.357. The van der Waals surface area contributed by atoms with Gasteiger partial charge < -0.3 is 9.84 Å². The number of carbonyl (C=O) groups is 3. The summed E-state index contributed by atoms with van der Waals surface area (Å²) in [5.41, 5.74) is 0.481. The predicted molar refractivity (Wildman–Crippen MR) is 68.8 cm³/mol. The van der Waals surface area contributed by atoms with Crippen LogP contribution in [0.1, 0.15) is 29.6 Å². The molecule has 6 heteroatoms. The molecule has 2 rings (SSSR count). The van der Waals surface area contributed by atoms with E-state index in [1.807, 2.05) is 0 Å². The molecule has 6 nitrogen and oxygen atoms in total. The Morgan fingerprint density at radius 2 is 2.00 bits per heavy atom. The zero-order chi connectivity index (χ0) is 14.5. The minimum Gasteiger partial charge on any atom is -0.481 e. The molecule has 0 spiro atoms. The molecule has 1 aliphatic heterocycles. The van der Waals surface area contributed by atoms with Crippen LogP contribution in [-0.2, 0) is 14.3 Å². The number of carbonyl (C=O) groups excluding carboxylic acids is 2. The van der Waals surface area contributed by atoms with E-state index in [4.69, 9.17) is 9.84 Å². The van der Waals surface area contributed by atoms with Crippen molar-refractivity contribution in [1.29, 1.82) is 0 Å². The quantitative estimate of drug-likeness (QED) is 0.819. The summed E-state index contributed by atoms with van der Waals surface area (Å²) in [5, 5.41) is 8.61. The lowest BCUT2D eigenvalue weighted by molar-refractivity contribution is -0.140. The van der Waals surface area contributed by atoms with Crippen LogP contribution in [0, 0.1) is 0 Å². The first kappa shape index (κ1) is 14.0. The van der Waals surface area contributed by atoms with Crippen LogP contribution in [0.15, 0.2) is 30.3 Å². The Morgan fingerprint density at radius 1 is 1.30 bits per heavy atom. The van der Waals surface area contributed by atoms with Crippen molar-refractivity contribution in [3.8, 4) is 0 Å². The van der Waals surface area contributed by atoms with Gasteiger partial charge in [0.2, 0.25) is 0 Å². The molecular weight excluding hydrogens is 262 g/mol. The van der Waals surface area contributed by atoms with Crippen LogP contribution in [0.25, 0.3) is 0 Å². The fourth-order valence-electron chi connectivity index (χ4n) is 2.11. The molecule has 1 amide bonds. The topological polar surface area (TPSA) is 83.9 Å². The summed E-state index contributed by atoms with van der Waals surface area (Å²) in [7, 11) is 0. The Labute approximate surface area is 115 Å². The first-order chi connectivity index (χ1) is 9.59. The van der Waals surface area contributed by atoms with Gasteiger partial charge in [-0.15, -0.1) is 0 Å². The number of ether oxygens (including phenoxy) is 1. The minimum atomic E-state index is -0.919. The van der Waals surface area contributed by atoms with E-state index < -0.39 is 18.0 Å². The lowest BCUT2D eigenvalue weighted by Crippen LogP contribution is -2.38. The maximum Gasteiger partial charge on any atom is 0.330 e. The molecule has 20 heavy (non-hydrogen) atoms. The van der Waals surface area contributed by atoms with Gasteiger partial charge >= 0.3 is 11.9 Å². The average Bonchev–Trinajstić information content (AvgIpc) is 2.80. The summed E-state index contributed by atoms with van der Waals surface area (Å²) in [6.45, 7) is -0.0791. The first-order valence-electron chi connectivity index (χ1n) is 6.34. The first-order valence-corrected chi connectivity index (χ1v) is 6.34. The number of rotatable bonds is 5. The molecule has 1 aromatic rings. The van der Waals surface area contributed by atoms with Crippen LogP contribution in [0.4, 0.5) is 0 Å². The lowest BCUT2D eigenvalue weighted by atomic mass is 10.1. The zero-order valence-corrected chi connectivity index (χ0v) is 10.8. The minimum absolute atomic E-state index is 0.0306. The largest absolute Gasteiger partial charge is 0.481 e. The Morgan fingerprint density at radius 3 is 2.65 bits per heavy atom. The molecule has 1 aromatic carbocycles. The number of carboxylic acid groups (broad SMARTS) is 1. The second-order valence-corrected chi connectivity index (χ2v) is 4.54. The van der Waals surface area contributed by atoms with E-state index in [2.05, 4.69) is 0 Å². The summed E-state index contributed by atoms with van der Waals surface area (Å²) in [6, 6.07) is 7.92. The predicted octanol–water partition coefficient (Wildman–Crippen LogP) is 1.27. The molecule has 1 saturated heterocycles. The highest BCUT2D eigenvalue weighted by Gasteiger charge is 2.37. The third-order valence-electron chi connectivity index (χ3n) is 3.14. The zero-order valence-electron chi connectivity index (χ0n) is 10.8. The Balaban J connectivity index is 2.04. The van der Waals surface area contributed by atoms with Gasteiger partial charge in [-0.05, 0) is 25.0 Å². The normalized spacial score (nSPS) is 17.9. The van der Waals surface area contributed by atoms with Gasteiger partial charge in [0.25, 0.3) is 5.91 Å². The molecule has 1 aliphatic rings. The van der Waals surface area contributed by atoms with Crippen LogP contribution in [0.2, 0.25) is 0 Å². The number of carboxylic acids is 1. The molecule has 1 N–H and O–H groups in total. The number of cyclic esters (lactones) is 1. The van der Waals surface area contributed by atoms with Gasteiger partial charge in [-0.3, -0.25) is 14.5 Å². The number of benzene rings is 1. The Hall–Kier alpha value is -2.37. The van der Waals surface area contributed by atoms with E-state index in [1.165, 1.54) is 4.90 Å². The molecule has 1 atom stereocenters. The van der Waals surface area contributed by atoms with Gasteiger partial charge in [0.15, 0.2) is 6.73 Å². The number of hydrogen-bond donors (Lipinski definition) is 1. The van der Waals surface area contributed by atoms with E-state index in [0.717, 1.165) is 0 Å². The molecular formula is C14H15NO5. The Kier molecular flexibility index (Phi) is 4.34. The van der Waals surface area contributed by atoms with E-state index >= 15 is 0 Å². The highest BCUT2D eigenvalue weighted by atomic mass is 16.6. The second-order valence-electron chi connectivity index (χ2n) is 4.54. The molecule has 0 aromatic heterocycles. The molecule has 1 unspecified atom stereocenters. The third-order valence-corrected chi connectivity index (χ3v) is 3.14. The molecule has 0 saturated carbocycles.